The Morgan fingerprint density at radius 1 is 1.28 bits per heavy atom. The average Bonchev–Trinajstić information content (AvgIpc) is 2.63. The highest BCUT2D eigenvalue weighted by atomic mass is 32.2. The largest absolute Gasteiger partial charge is 0.508 e. The summed E-state index contributed by atoms with van der Waals surface area (Å²) in [7, 11) is 2.20. The van der Waals surface area contributed by atoms with E-state index in [9.17, 15) is 19.1 Å². The van der Waals surface area contributed by atoms with Gasteiger partial charge in [0.15, 0.2) is 12.3 Å². The smallest absolute Gasteiger partial charge is 0.438 e. The zero-order valence-electron chi connectivity index (χ0n) is 9.70. The van der Waals surface area contributed by atoms with E-state index >= 15 is 0 Å². The maximum Gasteiger partial charge on any atom is 0.508 e. The summed E-state index contributed by atoms with van der Waals surface area (Å²) in [6, 6.07) is 0. The third-order valence-corrected chi connectivity index (χ3v) is 3.49. The first-order valence-electron chi connectivity index (χ1n) is 4.92. The molecule has 0 aromatic heterocycles. The highest BCUT2D eigenvalue weighted by Gasteiger charge is 2.47. The van der Waals surface area contributed by atoms with Crippen molar-refractivity contribution < 1.29 is 38.0 Å². The van der Waals surface area contributed by atoms with Crippen LogP contribution in [0.1, 0.15) is 0 Å². The first-order valence-corrected chi connectivity index (χ1v) is 5.86. The Balaban J connectivity index is 2.57. The van der Waals surface area contributed by atoms with Crippen molar-refractivity contribution in [2.45, 2.75) is 23.0 Å². The zero-order valence-corrected chi connectivity index (χ0v) is 10.5. The summed E-state index contributed by atoms with van der Waals surface area (Å²) in [5, 5.41) is 8.60. The molecule has 1 fully saturated rings. The van der Waals surface area contributed by atoms with Crippen LogP contribution in [0, 0.1) is 0 Å². The van der Waals surface area contributed by atoms with Gasteiger partial charge in [-0.05, 0) is 0 Å². The van der Waals surface area contributed by atoms with Crippen LogP contribution in [0.5, 0.6) is 0 Å². The van der Waals surface area contributed by atoms with Crippen LogP contribution in [0.3, 0.4) is 0 Å². The van der Waals surface area contributed by atoms with E-state index in [1.54, 1.807) is 0 Å². The van der Waals surface area contributed by atoms with E-state index in [1.165, 1.54) is 0 Å². The molecule has 0 bridgehead atoms. The number of aliphatic hydroxyl groups is 1. The Bertz CT molecular complexity index is 313. The van der Waals surface area contributed by atoms with E-state index in [-0.39, 0.29) is 6.61 Å². The molecule has 18 heavy (non-hydrogen) atoms. The number of methoxy groups -OCH3 is 2. The second-order valence-corrected chi connectivity index (χ2v) is 4.67. The van der Waals surface area contributed by atoms with Gasteiger partial charge in [0.1, 0.15) is 12.0 Å². The summed E-state index contributed by atoms with van der Waals surface area (Å²) < 4.78 is 31.3. The van der Waals surface area contributed by atoms with Crippen molar-refractivity contribution in [1.29, 1.82) is 0 Å². The van der Waals surface area contributed by atoms with E-state index in [2.05, 4.69) is 18.9 Å². The van der Waals surface area contributed by atoms with E-state index in [4.69, 9.17) is 0 Å². The Kier molecular flexibility index (Phi) is 5.48. The van der Waals surface area contributed by atoms with Gasteiger partial charge in [0.25, 0.3) is 0 Å². The summed E-state index contributed by atoms with van der Waals surface area (Å²) in [5.74, 6) is 0. The van der Waals surface area contributed by atoms with Crippen LogP contribution < -0.4 is 0 Å². The van der Waals surface area contributed by atoms with Gasteiger partial charge in [-0.25, -0.2) is 14.0 Å². The van der Waals surface area contributed by atoms with Crippen molar-refractivity contribution in [2.24, 2.45) is 0 Å². The third-order valence-electron chi connectivity index (χ3n) is 2.20. The number of aliphatic hydroxyl groups excluding tert-OH is 1. The lowest BCUT2D eigenvalue weighted by molar-refractivity contribution is -0.0178. The van der Waals surface area contributed by atoms with Gasteiger partial charge in [0.05, 0.1) is 19.5 Å². The zero-order chi connectivity index (χ0) is 13.7. The molecule has 0 aromatic rings. The van der Waals surface area contributed by atoms with Crippen LogP contribution in [0.25, 0.3) is 0 Å². The lowest BCUT2D eigenvalue weighted by Crippen LogP contribution is -2.36. The highest BCUT2D eigenvalue weighted by Crippen LogP contribution is 2.37. The molecular formula is C9H13FO7S. The van der Waals surface area contributed by atoms with Crippen molar-refractivity contribution in [1.82, 2.24) is 0 Å². The van der Waals surface area contributed by atoms with Gasteiger partial charge in [0, 0.05) is 0 Å². The molecule has 104 valence electrons. The molecule has 9 heteroatoms. The second-order valence-electron chi connectivity index (χ2n) is 3.31. The van der Waals surface area contributed by atoms with Gasteiger partial charge in [-0.2, -0.15) is 0 Å². The SMILES string of the molecule is COC(=O)OC[C@H]1SC(O)[C@@H](F)[C@@H]1OC(=O)OC. The van der Waals surface area contributed by atoms with Gasteiger partial charge in [0.2, 0.25) is 0 Å². The molecular weight excluding hydrogens is 271 g/mol. The Labute approximate surface area is 107 Å². The number of carbonyl (C=O) groups excluding carboxylic acids is 2. The quantitative estimate of drug-likeness (QED) is 0.757. The molecule has 7 nitrogen and oxygen atoms in total. The maximum atomic E-state index is 13.6. The molecule has 1 aliphatic rings. The number of ether oxygens (including phenoxy) is 4. The molecule has 1 saturated heterocycles. The van der Waals surface area contributed by atoms with E-state index < -0.39 is 35.3 Å². The van der Waals surface area contributed by atoms with Crippen molar-refractivity contribution in [3.8, 4) is 0 Å². The van der Waals surface area contributed by atoms with Crippen LogP contribution in [-0.4, -0.2) is 61.2 Å². The number of hydrogen-bond donors (Lipinski definition) is 1. The van der Waals surface area contributed by atoms with E-state index in [0.717, 1.165) is 26.0 Å². The van der Waals surface area contributed by atoms with E-state index in [1.807, 2.05) is 0 Å². The van der Waals surface area contributed by atoms with Crippen molar-refractivity contribution in [2.75, 3.05) is 20.8 Å². The summed E-state index contributed by atoms with van der Waals surface area (Å²) >= 11 is 0.802. The molecule has 0 radical (unpaired) electrons. The molecule has 0 amide bonds. The minimum Gasteiger partial charge on any atom is -0.438 e. The lowest BCUT2D eigenvalue weighted by Gasteiger charge is -2.18. The average molecular weight is 284 g/mol. The lowest BCUT2D eigenvalue weighted by atomic mass is 10.2. The molecule has 1 aliphatic heterocycles. The maximum absolute atomic E-state index is 13.6. The minimum atomic E-state index is -1.78. The fourth-order valence-electron chi connectivity index (χ4n) is 1.34. The molecule has 0 aliphatic carbocycles. The summed E-state index contributed by atoms with van der Waals surface area (Å²) in [6.45, 7) is -0.253. The molecule has 0 spiro atoms. The van der Waals surface area contributed by atoms with Gasteiger partial charge in [-0.3, -0.25) is 0 Å². The van der Waals surface area contributed by atoms with Gasteiger partial charge in [-0.15, -0.1) is 11.8 Å². The molecule has 1 heterocycles. The number of rotatable bonds is 3. The van der Waals surface area contributed by atoms with E-state index in [0.29, 0.717) is 0 Å². The number of carbonyl (C=O) groups is 2. The molecule has 1 unspecified atom stereocenters. The molecule has 0 saturated carbocycles. The molecule has 4 atom stereocenters. The standard InChI is InChI=1S/C9H13FO7S/c1-14-8(12)16-3-4-6(17-9(13)15-2)5(10)7(11)18-4/h4-7,11H,3H2,1-2H3/t4-,5+,6-,7?/m1/s1. The predicted molar refractivity (Wildman–Crippen MR) is 57.9 cm³/mol. The molecule has 0 aromatic carbocycles. The van der Waals surface area contributed by atoms with Crippen LogP contribution >= 0.6 is 11.8 Å². The Morgan fingerprint density at radius 3 is 2.44 bits per heavy atom. The summed E-state index contributed by atoms with van der Waals surface area (Å²) in [5.41, 5.74) is -1.36. The number of alkyl halides is 1. The predicted octanol–water partition coefficient (Wildman–Crippen LogP) is 0.693. The monoisotopic (exact) mass is 284 g/mol. The summed E-state index contributed by atoms with van der Waals surface area (Å²) in [6.07, 6.45) is -5.04. The highest BCUT2D eigenvalue weighted by molar-refractivity contribution is 8.00. The van der Waals surface area contributed by atoms with Crippen molar-refractivity contribution in [3.05, 3.63) is 0 Å². The first-order chi connectivity index (χ1) is 8.49. The normalized spacial score (nSPS) is 30.7. The van der Waals surface area contributed by atoms with Crippen LogP contribution in [0.15, 0.2) is 0 Å². The Morgan fingerprint density at radius 2 is 1.89 bits per heavy atom. The first kappa shape index (κ1) is 14.8. The molecule has 1 rings (SSSR count). The van der Waals surface area contributed by atoms with Crippen molar-refractivity contribution >= 4 is 24.1 Å². The second kappa shape index (κ2) is 6.64. The topological polar surface area (TPSA) is 91.3 Å². The number of hydrogen-bond acceptors (Lipinski definition) is 8. The Hall–Kier alpha value is -1.22. The number of thioether (sulfide) groups is 1. The fraction of sp³-hybridized carbons (Fsp3) is 0.778. The summed E-state index contributed by atoms with van der Waals surface area (Å²) in [4.78, 5) is 21.7. The minimum absolute atomic E-state index is 0.253. The van der Waals surface area contributed by atoms with Crippen LogP contribution in [0.2, 0.25) is 0 Å². The fourth-order valence-corrected chi connectivity index (χ4v) is 2.51. The van der Waals surface area contributed by atoms with Crippen LogP contribution in [-0.2, 0) is 18.9 Å². The third kappa shape index (κ3) is 3.64. The van der Waals surface area contributed by atoms with Crippen LogP contribution in [0.4, 0.5) is 14.0 Å². The van der Waals surface area contributed by atoms with Gasteiger partial charge >= 0.3 is 12.3 Å². The van der Waals surface area contributed by atoms with Gasteiger partial charge < -0.3 is 24.1 Å². The van der Waals surface area contributed by atoms with Crippen molar-refractivity contribution in [3.63, 3.8) is 0 Å². The number of halogens is 1. The molecule has 1 N–H and O–H groups in total. The van der Waals surface area contributed by atoms with Gasteiger partial charge in [-0.1, -0.05) is 0 Å².